The van der Waals surface area contributed by atoms with Crippen LogP contribution in [-0.4, -0.2) is 11.1 Å². The second-order valence-electron chi connectivity index (χ2n) is 6.30. The van der Waals surface area contributed by atoms with Crippen molar-refractivity contribution in [3.63, 3.8) is 0 Å². The molecule has 3 heteroatoms. The number of ether oxygens (including phenoxy) is 1. The molecule has 3 nitrogen and oxygen atoms in total. The van der Waals surface area contributed by atoms with Gasteiger partial charge in [-0.15, -0.1) is 0 Å². The molecule has 2 aromatic carbocycles. The van der Waals surface area contributed by atoms with Gasteiger partial charge in [-0.2, -0.15) is 0 Å². The number of rotatable bonds is 3. The molecule has 0 spiro atoms. The summed E-state index contributed by atoms with van der Waals surface area (Å²) in [6.07, 6.45) is 0. The van der Waals surface area contributed by atoms with Crippen molar-refractivity contribution in [3.05, 3.63) is 57.6 Å². The lowest BCUT2D eigenvalue weighted by Crippen LogP contribution is -2.06. The first kappa shape index (κ1) is 17.1. The lowest BCUT2D eigenvalue weighted by atomic mass is 9.88. The third kappa shape index (κ3) is 3.55. The molecule has 122 valence electrons. The van der Waals surface area contributed by atoms with Crippen molar-refractivity contribution < 1.29 is 14.6 Å². The molecule has 1 unspecified atom stereocenters. The Labute approximate surface area is 137 Å². The van der Waals surface area contributed by atoms with Crippen molar-refractivity contribution in [1.82, 2.24) is 0 Å². The number of aryl methyl sites for hydroxylation is 4. The van der Waals surface area contributed by atoms with E-state index in [0.717, 1.165) is 27.8 Å². The first-order valence-electron chi connectivity index (χ1n) is 7.80. The van der Waals surface area contributed by atoms with E-state index in [-0.39, 0.29) is 11.9 Å². The van der Waals surface area contributed by atoms with E-state index in [0.29, 0.717) is 11.5 Å². The number of aromatic hydroxyl groups is 1. The largest absolute Gasteiger partial charge is 0.507 e. The number of phenolic OH excluding ortho intramolecular Hbond substituents is 1. The summed E-state index contributed by atoms with van der Waals surface area (Å²) in [5, 5.41) is 9.94. The molecule has 1 atom stereocenters. The molecule has 0 saturated carbocycles. The van der Waals surface area contributed by atoms with Gasteiger partial charge in [0.2, 0.25) is 0 Å². The predicted molar refractivity (Wildman–Crippen MR) is 92.3 cm³/mol. The van der Waals surface area contributed by atoms with Crippen molar-refractivity contribution in [2.45, 2.75) is 47.5 Å². The van der Waals surface area contributed by atoms with Crippen molar-refractivity contribution in [2.24, 2.45) is 0 Å². The van der Waals surface area contributed by atoms with Gasteiger partial charge in [0.1, 0.15) is 11.5 Å². The summed E-state index contributed by atoms with van der Waals surface area (Å²) in [5.74, 6) is 0.892. The molecule has 0 radical (unpaired) electrons. The normalized spacial score (nSPS) is 12.1. The minimum absolute atomic E-state index is 0.191. The number of benzene rings is 2. The molecular weight excluding hydrogens is 288 g/mol. The van der Waals surface area contributed by atoms with Gasteiger partial charge in [0.15, 0.2) is 0 Å². The van der Waals surface area contributed by atoms with E-state index in [9.17, 15) is 9.90 Å². The van der Waals surface area contributed by atoms with Crippen molar-refractivity contribution in [3.8, 4) is 11.5 Å². The van der Waals surface area contributed by atoms with Gasteiger partial charge in [-0.25, -0.2) is 0 Å². The molecule has 0 heterocycles. The van der Waals surface area contributed by atoms with Gasteiger partial charge in [0.25, 0.3) is 0 Å². The minimum Gasteiger partial charge on any atom is -0.507 e. The predicted octanol–water partition coefficient (Wildman–Crippen LogP) is 4.70. The molecule has 1 N–H and O–H groups in total. The van der Waals surface area contributed by atoms with Crippen molar-refractivity contribution >= 4 is 5.97 Å². The van der Waals surface area contributed by atoms with E-state index in [1.807, 2.05) is 39.8 Å². The Hall–Kier alpha value is -2.29. The Kier molecular flexibility index (Phi) is 4.79. The molecule has 0 fully saturated rings. The second-order valence-corrected chi connectivity index (χ2v) is 6.30. The van der Waals surface area contributed by atoms with E-state index in [4.69, 9.17) is 4.74 Å². The Balaban J connectivity index is 2.44. The van der Waals surface area contributed by atoms with E-state index >= 15 is 0 Å². The van der Waals surface area contributed by atoms with Crippen molar-refractivity contribution in [1.29, 1.82) is 0 Å². The quantitative estimate of drug-likeness (QED) is 0.660. The SMILES string of the molecule is CC(=O)Oc1c(C)cc(C(C)c2cc(C)c(O)c(C)c2)cc1C. The molecule has 0 saturated heterocycles. The fourth-order valence-corrected chi connectivity index (χ4v) is 2.97. The maximum atomic E-state index is 11.2. The Morgan fingerprint density at radius 3 is 1.70 bits per heavy atom. The lowest BCUT2D eigenvalue weighted by Gasteiger charge is -2.18. The summed E-state index contributed by atoms with van der Waals surface area (Å²) in [5.41, 5.74) is 6.01. The van der Waals surface area contributed by atoms with E-state index in [2.05, 4.69) is 19.1 Å². The van der Waals surface area contributed by atoms with Gasteiger partial charge >= 0.3 is 5.97 Å². The van der Waals surface area contributed by atoms with Crippen LogP contribution in [0.2, 0.25) is 0 Å². The summed E-state index contributed by atoms with van der Waals surface area (Å²) in [4.78, 5) is 11.2. The fourth-order valence-electron chi connectivity index (χ4n) is 2.97. The lowest BCUT2D eigenvalue weighted by molar-refractivity contribution is -0.131. The first-order valence-corrected chi connectivity index (χ1v) is 7.80. The number of carbonyl (C=O) groups is 1. The van der Waals surface area contributed by atoms with E-state index < -0.39 is 0 Å². The highest BCUT2D eigenvalue weighted by Gasteiger charge is 2.15. The summed E-state index contributed by atoms with van der Waals surface area (Å²) in [6.45, 7) is 11.3. The van der Waals surface area contributed by atoms with Gasteiger partial charge in [0.05, 0.1) is 0 Å². The minimum atomic E-state index is -0.304. The molecular formula is C20H24O3. The van der Waals surface area contributed by atoms with Gasteiger partial charge in [-0.05, 0) is 61.1 Å². The molecule has 0 amide bonds. The van der Waals surface area contributed by atoms with Crippen LogP contribution in [0.1, 0.15) is 53.1 Å². The zero-order valence-corrected chi connectivity index (χ0v) is 14.7. The molecule has 0 aliphatic rings. The highest BCUT2D eigenvalue weighted by atomic mass is 16.5. The van der Waals surface area contributed by atoms with E-state index in [1.54, 1.807) is 0 Å². The van der Waals surface area contributed by atoms with Crippen LogP contribution in [0.3, 0.4) is 0 Å². The smallest absolute Gasteiger partial charge is 0.308 e. The summed E-state index contributed by atoms with van der Waals surface area (Å²) in [6, 6.07) is 8.18. The number of phenols is 1. The number of hydrogen-bond acceptors (Lipinski definition) is 3. The molecule has 0 aromatic heterocycles. The zero-order chi connectivity index (χ0) is 17.3. The average Bonchev–Trinajstić information content (AvgIpc) is 2.46. The van der Waals surface area contributed by atoms with Crippen molar-refractivity contribution in [2.75, 3.05) is 0 Å². The highest BCUT2D eigenvalue weighted by molar-refractivity contribution is 5.70. The van der Waals surface area contributed by atoms with Crippen LogP contribution in [0.15, 0.2) is 24.3 Å². The van der Waals surface area contributed by atoms with Crippen LogP contribution in [0.5, 0.6) is 11.5 Å². The van der Waals surface area contributed by atoms with Gasteiger partial charge in [-0.1, -0.05) is 31.2 Å². The number of esters is 1. The van der Waals surface area contributed by atoms with Crippen LogP contribution in [0, 0.1) is 27.7 Å². The summed E-state index contributed by atoms with van der Waals surface area (Å²) >= 11 is 0. The zero-order valence-electron chi connectivity index (χ0n) is 14.7. The maximum absolute atomic E-state index is 11.2. The molecule has 2 rings (SSSR count). The average molecular weight is 312 g/mol. The maximum Gasteiger partial charge on any atom is 0.308 e. The molecule has 0 bridgehead atoms. The third-order valence-electron chi connectivity index (χ3n) is 4.24. The monoisotopic (exact) mass is 312 g/mol. The van der Waals surface area contributed by atoms with Crippen LogP contribution in [0.4, 0.5) is 0 Å². The highest BCUT2D eigenvalue weighted by Crippen LogP contribution is 2.34. The van der Waals surface area contributed by atoms with Gasteiger partial charge in [-0.3, -0.25) is 4.79 Å². The van der Waals surface area contributed by atoms with E-state index in [1.165, 1.54) is 12.5 Å². The standard InChI is InChI=1S/C20H24O3/c1-11-7-17(8-12(2)19(11)22)15(5)18-9-13(3)20(14(4)10-18)23-16(6)21/h7-10,15,22H,1-6H3. The number of hydrogen-bond donors (Lipinski definition) is 1. The van der Waals surface area contributed by atoms with Gasteiger partial charge in [0, 0.05) is 12.8 Å². The Morgan fingerprint density at radius 1 is 0.913 bits per heavy atom. The molecule has 23 heavy (non-hydrogen) atoms. The summed E-state index contributed by atoms with van der Waals surface area (Å²) in [7, 11) is 0. The second kappa shape index (κ2) is 6.45. The summed E-state index contributed by atoms with van der Waals surface area (Å²) < 4.78 is 5.30. The molecule has 0 aliphatic carbocycles. The van der Waals surface area contributed by atoms with Crippen LogP contribution < -0.4 is 4.74 Å². The Morgan fingerprint density at radius 2 is 1.30 bits per heavy atom. The molecule has 2 aromatic rings. The first-order chi connectivity index (χ1) is 10.7. The molecule has 0 aliphatic heterocycles. The number of carbonyl (C=O) groups excluding carboxylic acids is 1. The van der Waals surface area contributed by atoms with Crippen LogP contribution in [0.25, 0.3) is 0 Å². The van der Waals surface area contributed by atoms with Gasteiger partial charge < -0.3 is 9.84 Å². The topological polar surface area (TPSA) is 46.5 Å². The third-order valence-corrected chi connectivity index (χ3v) is 4.24. The van der Waals surface area contributed by atoms with Crippen LogP contribution in [-0.2, 0) is 4.79 Å². The van der Waals surface area contributed by atoms with Crippen LogP contribution >= 0.6 is 0 Å². The Bertz CT molecular complexity index is 713. The fraction of sp³-hybridized carbons (Fsp3) is 0.350.